The summed E-state index contributed by atoms with van der Waals surface area (Å²) in [6.07, 6.45) is 0.505. The number of amides is 1. The number of piperazine rings is 1. The van der Waals surface area contributed by atoms with Crippen molar-refractivity contribution in [1.29, 1.82) is 0 Å². The average Bonchev–Trinajstić information content (AvgIpc) is 3.00. The van der Waals surface area contributed by atoms with Gasteiger partial charge in [0.15, 0.2) is 0 Å². The molecule has 0 spiro atoms. The number of hydrogen-bond donors (Lipinski definition) is 1. The van der Waals surface area contributed by atoms with Crippen LogP contribution in [0.4, 0.5) is 0 Å². The van der Waals surface area contributed by atoms with Crippen molar-refractivity contribution in [2.24, 2.45) is 0 Å². The zero-order valence-electron chi connectivity index (χ0n) is 14.6. The minimum atomic E-state index is -0.269. The Morgan fingerprint density at radius 2 is 1.88 bits per heavy atom. The van der Waals surface area contributed by atoms with Crippen LogP contribution in [0.5, 0.6) is 0 Å². The first-order valence-electron chi connectivity index (χ1n) is 8.92. The van der Waals surface area contributed by atoms with Crippen molar-refractivity contribution in [2.45, 2.75) is 32.9 Å². The molecule has 130 valence electrons. The Kier molecular flexibility index (Phi) is 5.21. The molecule has 2 aromatic rings. The summed E-state index contributed by atoms with van der Waals surface area (Å²) >= 11 is 0. The van der Waals surface area contributed by atoms with Crippen molar-refractivity contribution in [3.63, 3.8) is 0 Å². The van der Waals surface area contributed by atoms with Crippen molar-refractivity contribution < 1.29 is 9.90 Å². The summed E-state index contributed by atoms with van der Waals surface area (Å²) in [5, 5.41) is 10.9. The molecule has 3 rings (SSSR count). The molecule has 1 unspecified atom stereocenters. The molecule has 1 amide bonds. The number of para-hydroxylation sites is 1. The van der Waals surface area contributed by atoms with Crippen molar-refractivity contribution in [3.8, 4) is 0 Å². The number of aliphatic hydroxyl groups is 1. The average molecular weight is 329 g/mol. The standard InChI is InChI=1S/C19H27N3O2/c1-3-16(23)14-20-9-11-21(12-10-20)19(24)18-13-15-7-5-6-8-17(15)22(18)4-2/h5-8,13,16,23H,3-4,9-12,14H2,1-2H3. The van der Waals surface area contributed by atoms with Gasteiger partial charge in [-0.2, -0.15) is 0 Å². The smallest absolute Gasteiger partial charge is 0.270 e. The molecule has 1 fully saturated rings. The van der Waals surface area contributed by atoms with Gasteiger partial charge in [0.2, 0.25) is 0 Å². The van der Waals surface area contributed by atoms with E-state index < -0.39 is 0 Å². The highest BCUT2D eigenvalue weighted by molar-refractivity contribution is 5.98. The number of carbonyl (C=O) groups excluding carboxylic acids is 1. The molecule has 0 bridgehead atoms. The summed E-state index contributed by atoms with van der Waals surface area (Å²) in [5.41, 5.74) is 1.90. The van der Waals surface area contributed by atoms with E-state index in [-0.39, 0.29) is 12.0 Å². The van der Waals surface area contributed by atoms with Gasteiger partial charge in [-0.3, -0.25) is 9.69 Å². The Bertz CT molecular complexity index is 702. The third-order valence-electron chi connectivity index (χ3n) is 4.95. The van der Waals surface area contributed by atoms with Crippen molar-refractivity contribution in [1.82, 2.24) is 14.4 Å². The first-order valence-corrected chi connectivity index (χ1v) is 8.92. The number of fused-ring (bicyclic) bond motifs is 1. The lowest BCUT2D eigenvalue weighted by Crippen LogP contribution is -2.50. The molecule has 2 heterocycles. The van der Waals surface area contributed by atoms with Gasteiger partial charge in [0.25, 0.3) is 5.91 Å². The van der Waals surface area contributed by atoms with Crippen molar-refractivity contribution >= 4 is 16.8 Å². The number of aliphatic hydroxyl groups excluding tert-OH is 1. The maximum absolute atomic E-state index is 13.0. The first kappa shape index (κ1) is 17.0. The molecular formula is C19H27N3O2. The SMILES string of the molecule is CCC(O)CN1CCN(C(=O)c2cc3ccccc3n2CC)CC1. The highest BCUT2D eigenvalue weighted by Gasteiger charge is 2.25. The third kappa shape index (κ3) is 3.32. The Hall–Kier alpha value is -1.85. The van der Waals surface area contributed by atoms with E-state index in [2.05, 4.69) is 28.5 Å². The van der Waals surface area contributed by atoms with Crippen LogP contribution in [0.25, 0.3) is 10.9 Å². The summed E-state index contributed by atoms with van der Waals surface area (Å²) < 4.78 is 2.10. The zero-order chi connectivity index (χ0) is 17.1. The quantitative estimate of drug-likeness (QED) is 0.915. The largest absolute Gasteiger partial charge is 0.392 e. The number of aryl methyl sites for hydroxylation is 1. The molecule has 1 saturated heterocycles. The second-order valence-electron chi connectivity index (χ2n) is 6.49. The predicted octanol–water partition coefficient (Wildman–Crippen LogP) is 2.19. The van der Waals surface area contributed by atoms with E-state index in [0.29, 0.717) is 6.54 Å². The number of carbonyl (C=O) groups is 1. The van der Waals surface area contributed by atoms with Gasteiger partial charge in [-0.05, 0) is 25.5 Å². The molecule has 5 nitrogen and oxygen atoms in total. The van der Waals surface area contributed by atoms with Crippen molar-refractivity contribution in [3.05, 3.63) is 36.0 Å². The molecule has 0 aliphatic carbocycles. The summed E-state index contributed by atoms with van der Waals surface area (Å²) in [4.78, 5) is 17.2. The Morgan fingerprint density at radius 1 is 1.17 bits per heavy atom. The molecule has 1 aliphatic rings. The highest BCUT2D eigenvalue weighted by atomic mass is 16.3. The lowest BCUT2D eigenvalue weighted by Gasteiger charge is -2.35. The minimum absolute atomic E-state index is 0.115. The van der Waals surface area contributed by atoms with E-state index in [4.69, 9.17) is 0 Å². The molecule has 1 aliphatic heterocycles. The fourth-order valence-electron chi connectivity index (χ4n) is 3.45. The summed E-state index contributed by atoms with van der Waals surface area (Å²) in [6, 6.07) is 10.2. The van der Waals surface area contributed by atoms with Crippen LogP contribution in [-0.2, 0) is 6.54 Å². The highest BCUT2D eigenvalue weighted by Crippen LogP contribution is 2.21. The lowest BCUT2D eigenvalue weighted by molar-refractivity contribution is 0.0516. The molecule has 1 aromatic heterocycles. The van der Waals surface area contributed by atoms with E-state index in [0.717, 1.165) is 55.7 Å². The number of benzene rings is 1. The zero-order valence-corrected chi connectivity index (χ0v) is 14.6. The van der Waals surface area contributed by atoms with Gasteiger partial charge < -0.3 is 14.6 Å². The van der Waals surface area contributed by atoms with E-state index >= 15 is 0 Å². The molecule has 1 atom stereocenters. The van der Waals surface area contributed by atoms with Crippen LogP contribution in [0.1, 0.15) is 30.8 Å². The lowest BCUT2D eigenvalue weighted by atomic mass is 10.2. The molecule has 1 N–H and O–H groups in total. The normalized spacial score (nSPS) is 17.4. The maximum atomic E-state index is 13.0. The van der Waals surface area contributed by atoms with Gasteiger partial charge in [-0.1, -0.05) is 25.1 Å². The van der Waals surface area contributed by atoms with E-state index in [9.17, 15) is 9.90 Å². The van der Waals surface area contributed by atoms with Crippen molar-refractivity contribution in [2.75, 3.05) is 32.7 Å². The fraction of sp³-hybridized carbons (Fsp3) is 0.526. The van der Waals surface area contributed by atoms with Gasteiger partial charge in [0.05, 0.1) is 6.10 Å². The van der Waals surface area contributed by atoms with Gasteiger partial charge in [0.1, 0.15) is 5.69 Å². The summed E-state index contributed by atoms with van der Waals surface area (Å²) in [7, 11) is 0. The van der Waals surface area contributed by atoms with Gasteiger partial charge in [-0.25, -0.2) is 0 Å². The van der Waals surface area contributed by atoms with Crippen LogP contribution in [0.3, 0.4) is 0 Å². The molecule has 1 aromatic carbocycles. The first-order chi connectivity index (χ1) is 11.6. The molecule has 0 radical (unpaired) electrons. The topological polar surface area (TPSA) is 48.7 Å². The number of nitrogens with zero attached hydrogens (tertiary/aromatic N) is 3. The second kappa shape index (κ2) is 7.36. The van der Waals surface area contributed by atoms with Gasteiger partial charge in [-0.15, -0.1) is 0 Å². The van der Waals surface area contributed by atoms with E-state index in [1.807, 2.05) is 30.0 Å². The third-order valence-corrected chi connectivity index (χ3v) is 4.95. The Labute approximate surface area is 143 Å². The number of β-amino-alcohol motifs (C(OH)–C–C–N with tert-alkyl or cyclic N) is 1. The minimum Gasteiger partial charge on any atom is -0.392 e. The summed E-state index contributed by atoms with van der Waals surface area (Å²) in [6.45, 7) is 8.66. The monoisotopic (exact) mass is 329 g/mol. The van der Waals surface area contributed by atoms with Crippen LogP contribution in [0, 0.1) is 0 Å². The van der Waals surface area contributed by atoms with E-state index in [1.165, 1.54) is 0 Å². The molecule has 5 heteroatoms. The molecule has 24 heavy (non-hydrogen) atoms. The Morgan fingerprint density at radius 3 is 2.54 bits per heavy atom. The Balaban J connectivity index is 1.72. The number of aromatic nitrogens is 1. The van der Waals surface area contributed by atoms with Gasteiger partial charge in [0, 0.05) is 50.2 Å². The predicted molar refractivity (Wildman–Crippen MR) is 96.3 cm³/mol. The van der Waals surface area contributed by atoms with Gasteiger partial charge >= 0.3 is 0 Å². The van der Waals surface area contributed by atoms with E-state index in [1.54, 1.807) is 0 Å². The molecule has 0 saturated carbocycles. The fourth-order valence-corrected chi connectivity index (χ4v) is 3.45. The van der Waals surface area contributed by atoms with Crippen LogP contribution in [0.2, 0.25) is 0 Å². The summed E-state index contributed by atoms with van der Waals surface area (Å²) in [5.74, 6) is 0.115. The van der Waals surface area contributed by atoms with Crippen LogP contribution >= 0.6 is 0 Å². The number of hydrogen-bond acceptors (Lipinski definition) is 3. The van der Waals surface area contributed by atoms with Crippen LogP contribution in [-0.4, -0.2) is 64.2 Å². The van der Waals surface area contributed by atoms with Crippen LogP contribution < -0.4 is 0 Å². The number of rotatable bonds is 5. The maximum Gasteiger partial charge on any atom is 0.270 e. The second-order valence-corrected chi connectivity index (χ2v) is 6.49. The van der Waals surface area contributed by atoms with Crippen LogP contribution in [0.15, 0.2) is 30.3 Å². The molecular weight excluding hydrogens is 302 g/mol.